The second-order valence-electron chi connectivity index (χ2n) is 4.30. The zero-order valence-electron chi connectivity index (χ0n) is 11.5. The highest BCUT2D eigenvalue weighted by Crippen LogP contribution is 2.36. The van der Waals surface area contributed by atoms with E-state index in [-0.39, 0.29) is 0 Å². The molecule has 0 saturated carbocycles. The molecule has 0 unspecified atom stereocenters. The summed E-state index contributed by atoms with van der Waals surface area (Å²) >= 11 is 18.0. The van der Waals surface area contributed by atoms with Crippen molar-refractivity contribution in [3.8, 4) is 11.5 Å². The van der Waals surface area contributed by atoms with Crippen molar-refractivity contribution in [1.82, 2.24) is 0 Å². The maximum atomic E-state index is 6.17. The molecular weight excluding hydrogens is 333 g/mol. The number of rotatable bonds is 5. The van der Waals surface area contributed by atoms with E-state index in [9.17, 15) is 0 Å². The predicted molar refractivity (Wildman–Crippen MR) is 88.3 cm³/mol. The predicted octanol–water partition coefficient (Wildman–Crippen LogP) is 5.28. The van der Waals surface area contributed by atoms with Crippen molar-refractivity contribution in [2.45, 2.75) is 6.54 Å². The van der Waals surface area contributed by atoms with Gasteiger partial charge in [-0.3, -0.25) is 0 Å². The molecule has 0 aliphatic heterocycles. The van der Waals surface area contributed by atoms with E-state index in [1.807, 2.05) is 18.2 Å². The van der Waals surface area contributed by atoms with Crippen LogP contribution in [0.15, 0.2) is 30.3 Å². The van der Waals surface area contributed by atoms with Crippen LogP contribution in [-0.4, -0.2) is 14.2 Å². The van der Waals surface area contributed by atoms with E-state index in [0.29, 0.717) is 33.1 Å². The van der Waals surface area contributed by atoms with Crippen LogP contribution >= 0.6 is 34.8 Å². The fourth-order valence-electron chi connectivity index (χ4n) is 1.88. The average molecular weight is 347 g/mol. The number of hydrogen-bond acceptors (Lipinski definition) is 3. The van der Waals surface area contributed by atoms with Gasteiger partial charge in [-0.2, -0.15) is 0 Å². The van der Waals surface area contributed by atoms with Crippen molar-refractivity contribution in [2.24, 2.45) is 0 Å². The molecule has 6 heteroatoms. The third kappa shape index (κ3) is 3.88. The summed E-state index contributed by atoms with van der Waals surface area (Å²) in [6, 6.07) is 9.07. The Labute approximate surface area is 138 Å². The first-order chi connectivity index (χ1) is 10.0. The largest absolute Gasteiger partial charge is 0.493 e. The van der Waals surface area contributed by atoms with Crippen molar-refractivity contribution >= 4 is 40.5 Å². The molecule has 0 radical (unpaired) electrons. The van der Waals surface area contributed by atoms with Gasteiger partial charge >= 0.3 is 0 Å². The second kappa shape index (κ2) is 7.12. The van der Waals surface area contributed by atoms with Gasteiger partial charge in [0.2, 0.25) is 0 Å². The molecule has 3 nitrogen and oxygen atoms in total. The van der Waals surface area contributed by atoms with E-state index in [0.717, 1.165) is 11.3 Å². The molecule has 0 fully saturated rings. The van der Waals surface area contributed by atoms with Crippen molar-refractivity contribution in [2.75, 3.05) is 19.5 Å². The molecule has 2 rings (SSSR count). The van der Waals surface area contributed by atoms with Crippen LogP contribution in [0.1, 0.15) is 5.56 Å². The Bertz CT molecular complexity index is 647. The fourth-order valence-corrected chi connectivity index (χ4v) is 2.49. The van der Waals surface area contributed by atoms with Crippen molar-refractivity contribution in [1.29, 1.82) is 0 Å². The van der Waals surface area contributed by atoms with E-state index < -0.39 is 0 Å². The first-order valence-corrected chi connectivity index (χ1v) is 7.28. The molecule has 2 aromatic carbocycles. The minimum Gasteiger partial charge on any atom is -0.493 e. The second-order valence-corrected chi connectivity index (χ2v) is 5.52. The quantitative estimate of drug-likeness (QED) is 0.799. The summed E-state index contributed by atoms with van der Waals surface area (Å²) in [6.45, 7) is 0.567. The van der Waals surface area contributed by atoms with Crippen LogP contribution in [-0.2, 0) is 6.54 Å². The van der Waals surface area contributed by atoms with Crippen LogP contribution in [0.4, 0.5) is 5.69 Å². The van der Waals surface area contributed by atoms with Gasteiger partial charge in [0, 0.05) is 12.2 Å². The summed E-state index contributed by atoms with van der Waals surface area (Å²) in [5.41, 5.74) is 1.83. The molecule has 0 bridgehead atoms. The maximum Gasteiger partial charge on any atom is 0.179 e. The topological polar surface area (TPSA) is 30.5 Å². The third-order valence-corrected chi connectivity index (χ3v) is 3.93. The lowest BCUT2D eigenvalue weighted by Crippen LogP contribution is -2.01. The van der Waals surface area contributed by atoms with E-state index in [1.54, 1.807) is 26.4 Å². The zero-order chi connectivity index (χ0) is 15.4. The highest BCUT2D eigenvalue weighted by atomic mass is 35.5. The van der Waals surface area contributed by atoms with E-state index >= 15 is 0 Å². The van der Waals surface area contributed by atoms with E-state index in [4.69, 9.17) is 44.3 Å². The first kappa shape index (κ1) is 16.1. The van der Waals surface area contributed by atoms with Gasteiger partial charge in [0.1, 0.15) is 0 Å². The lowest BCUT2D eigenvalue weighted by atomic mass is 10.2. The summed E-state index contributed by atoms with van der Waals surface area (Å²) < 4.78 is 10.5. The first-order valence-electron chi connectivity index (χ1n) is 6.14. The van der Waals surface area contributed by atoms with Gasteiger partial charge in [-0.1, -0.05) is 34.8 Å². The number of anilines is 1. The fraction of sp³-hybridized carbons (Fsp3) is 0.200. The maximum absolute atomic E-state index is 6.17. The molecule has 0 aromatic heterocycles. The Morgan fingerprint density at radius 2 is 1.67 bits per heavy atom. The Kier molecular flexibility index (Phi) is 5.45. The number of halogens is 3. The molecule has 2 aromatic rings. The van der Waals surface area contributed by atoms with Gasteiger partial charge in [0.15, 0.2) is 11.5 Å². The minimum absolute atomic E-state index is 0.503. The Morgan fingerprint density at radius 1 is 0.905 bits per heavy atom. The van der Waals surface area contributed by atoms with Gasteiger partial charge in [0.25, 0.3) is 0 Å². The van der Waals surface area contributed by atoms with Gasteiger partial charge in [-0.15, -0.1) is 0 Å². The molecule has 1 N–H and O–H groups in total. The highest BCUT2D eigenvalue weighted by Gasteiger charge is 2.10. The van der Waals surface area contributed by atoms with Gasteiger partial charge in [-0.05, 0) is 35.9 Å². The summed E-state index contributed by atoms with van der Waals surface area (Å²) in [5, 5.41) is 4.78. The number of ether oxygens (including phenoxy) is 2. The van der Waals surface area contributed by atoms with Crippen molar-refractivity contribution in [3.63, 3.8) is 0 Å². The minimum atomic E-state index is 0.503. The number of nitrogens with one attached hydrogen (secondary N) is 1. The van der Waals surface area contributed by atoms with Crippen LogP contribution in [0.5, 0.6) is 11.5 Å². The molecule has 21 heavy (non-hydrogen) atoms. The Balaban J connectivity index is 2.16. The van der Waals surface area contributed by atoms with Crippen LogP contribution in [0, 0.1) is 0 Å². The molecule has 0 atom stereocenters. The average Bonchev–Trinajstić information content (AvgIpc) is 2.47. The zero-order valence-corrected chi connectivity index (χ0v) is 13.8. The lowest BCUT2D eigenvalue weighted by Gasteiger charge is -2.13. The Morgan fingerprint density at radius 3 is 2.29 bits per heavy atom. The van der Waals surface area contributed by atoms with Crippen LogP contribution < -0.4 is 14.8 Å². The highest BCUT2D eigenvalue weighted by molar-refractivity contribution is 6.42. The van der Waals surface area contributed by atoms with Gasteiger partial charge in [0.05, 0.1) is 29.3 Å². The van der Waals surface area contributed by atoms with Gasteiger partial charge in [-0.25, -0.2) is 0 Å². The summed E-state index contributed by atoms with van der Waals surface area (Å²) in [6.07, 6.45) is 0. The van der Waals surface area contributed by atoms with Crippen LogP contribution in [0.2, 0.25) is 15.1 Å². The molecule has 112 valence electrons. The summed E-state index contributed by atoms with van der Waals surface area (Å²) in [7, 11) is 3.13. The van der Waals surface area contributed by atoms with E-state index in [1.165, 1.54) is 0 Å². The molecule has 0 aliphatic rings. The summed E-state index contributed by atoms with van der Waals surface area (Å²) in [5.74, 6) is 1.12. The number of hydrogen-bond donors (Lipinski definition) is 1. The molecule has 0 saturated heterocycles. The SMILES string of the molecule is COc1cc(CNc2ccc(Cl)c(Cl)c2)cc(Cl)c1OC. The molecule has 0 heterocycles. The smallest absolute Gasteiger partial charge is 0.179 e. The molecule has 0 amide bonds. The van der Waals surface area contributed by atoms with Crippen molar-refractivity contribution < 1.29 is 9.47 Å². The molecule has 0 spiro atoms. The summed E-state index contributed by atoms with van der Waals surface area (Å²) in [4.78, 5) is 0. The normalized spacial score (nSPS) is 10.3. The standard InChI is InChI=1S/C15H14Cl3NO2/c1-20-14-6-9(5-13(18)15(14)21-2)8-19-10-3-4-11(16)12(17)7-10/h3-7,19H,8H2,1-2H3. The monoisotopic (exact) mass is 345 g/mol. The Hall–Kier alpha value is -1.29. The van der Waals surface area contributed by atoms with E-state index in [2.05, 4.69) is 5.32 Å². The number of methoxy groups -OCH3 is 2. The molecule has 0 aliphatic carbocycles. The molecular formula is C15H14Cl3NO2. The van der Waals surface area contributed by atoms with Crippen LogP contribution in [0.25, 0.3) is 0 Å². The van der Waals surface area contributed by atoms with Crippen molar-refractivity contribution in [3.05, 3.63) is 51.0 Å². The third-order valence-electron chi connectivity index (χ3n) is 2.91. The number of benzene rings is 2. The lowest BCUT2D eigenvalue weighted by molar-refractivity contribution is 0.355. The van der Waals surface area contributed by atoms with Gasteiger partial charge < -0.3 is 14.8 Å². The van der Waals surface area contributed by atoms with Crippen LogP contribution in [0.3, 0.4) is 0 Å².